The number of rotatable bonds is 2. The van der Waals surface area contributed by atoms with Crippen molar-refractivity contribution in [3.8, 4) is 0 Å². The summed E-state index contributed by atoms with van der Waals surface area (Å²) < 4.78 is 19.6. The van der Waals surface area contributed by atoms with E-state index in [0.717, 1.165) is 10.0 Å². The number of benzene rings is 2. The molecule has 1 aliphatic rings. The molecule has 0 aromatic heterocycles. The van der Waals surface area contributed by atoms with E-state index in [-0.39, 0.29) is 17.2 Å². The molecule has 0 saturated carbocycles. The maximum atomic E-state index is 13.8. The van der Waals surface area contributed by atoms with Crippen LogP contribution in [0.3, 0.4) is 0 Å². The van der Waals surface area contributed by atoms with Crippen molar-refractivity contribution in [1.82, 2.24) is 0 Å². The molecule has 2 aromatic rings. The van der Waals surface area contributed by atoms with Crippen LogP contribution in [0.1, 0.15) is 16.7 Å². The Morgan fingerprint density at radius 2 is 2.05 bits per heavy atom. The molecule has 0 fully saturated rings. The van der Waals surface area contributed by atoms with Gasteiger partial charge in [-0.25, -0.2) is 14.2 Å². The summed E-state index contributed by atoms with van der Waals surface area (Å²) in [5.41, 5.74) is 2.10. The highest BCUT2D eigenvalue weighted by Crippen LogP contribution is 2.22. The smallest absolute Gasteiger partial charge is 0.363 e. The second kappa shape index (κ2) is 5.85. The van der Waals surface area contributed by atoms with E-state index in [0.29, 0.717) is 5.56 Å². The van der Waals surface area contributed by atoms with Gasteiger partial charge in [-0.2, -0.15) is 0 Å². The molecule has 0 saturated heterocycles. The lowest BCUT2D eigenvalue weighted by atomic mass is 10.1. The summed E-state index contributed by atoms with van der Waals surface area (Å²) in [6.07, 6.45) is 1.38. The average Bonchev–Trinajstić information content (AvgIpc) is 2.84. The highest BCUT2D eigenvalue weighted by atomic mass is 79.9. The number of hydrogen-bond donors (Lipinski definition) is 0. The molecule has 3 rings (SSSR count). The summed E-state index contributed by atoms with van der Waals surface area (Å²) in [6, 6.07) is 12.0. The summed E-state index contributed by atoms with van der Waals surface area (Å²) in [5, 5.41) is 0. The quantitative estimate of drug-likeness (QED) is 0.594. The zero-order valence-corrected chi connectivity index (χ0v) is 13.2. The van der Waals surface area contributed by atoms with E-state index in [1.807, 2.05) is 31.2 Å². The number of cyclic esters (lactones) is 1. The molecule has 0 atom stereocenters. The maximum Gasteiger partial charge on any atom is 0.363 e. The molecule has 1 heterocycles. The first-order valence-electron chi connectivity index (χ1n) is 6.57. The molecule has 5 heteroatoms. The summed E-state index contributed by atoms with van der Waals surface area (Å²) in [5.74, 6) is -0.783. The van der Waals surface area contributed by atoms with Gasteiger partial charge in [0.2, 0.25) is 5.90 Å². The highest BCUT2D eigenvalue weighted by Gasteiger charge is 2.24. The Balaban J connectivity index is 1.99. The first-order chi connectivity index (χ1) is 10.5. The zero-order chi connectivity index (χ0) is 15.7. The molecular formula is C17H11BrFNO2. The molecule has 1 aliphatic heterocycles. The van der Waals surface area contributed by atoms with Crippen LogP contribution in [-0.2, 0) is 9.53 Å². The Hall–Kier alpha value is -2.27. The van der Waals surface area contributed by atoms with Crippen molar-refractivity contribution < 1.29 is 13.9 Å². The van der Waals surface area contributed by atoms with Crippen LogP contribution in [0.4, 0.5) is 4.39 Å². The molecule has 110 valence electrons. The fourth-order valence-electron chi connectivity index (χ4n) is 2.08. The van der Waals surface area contributed by atoms with Gasteiger partial charge in [0.1, 0.15) is 5.82 Å². The van der Waals surface area contributed by atoms with Crippen LogP contribution >= 0.6 is 15.9 Å². The normalized spacial score (nSPS) is 15.9. The fraction of sp³-hybridized carbons (Fsp3) is 0.0588. The molecule has 0 aliphatic carbocycles. The van der Waals surface area contributed by atoms with Crippen LogP contribution in [-0.4, -0.2) is 11.9 Å². The summed E-state index contributed by atoms with van der Waals surface area (Å²) in [7, 11) is 0. The second-order valence-corrected chi connectivity index (χ2v) is 5.79. The third kappa shape index (κ3) is 2.99. The van der Waals surface area contributed by atoms with E-state index in [1.165, 1.54) is 12.1 Å². The van der Waals surface area contributed by atoms with Crippen molar-refractivity contribution in [1.29, 1.82) is 0 Å². The lowest BCUT2D eigenvalue weighted by Crippen LogP contribution is -2.05. The predicted octanol–water partition coefficient (Wildman–Crippen LogP) is 4.24. The van der Waals surface area contributed by atoms with Gasteiger partial charge < -0.3 is 4.74 Å². The number of carbonyl (C=O) groups is 1. The van der Waals surface area contributed by atoms with Gasteiger partial charge in [0.25, 0.3) is 0 Å². The topological polar surface area (TPSA) is 38.7 Å². The molecule has 3 nitrogen and oxygen atoms in total. The van der Waals surface area contributed by atoms with Crippen molar-refractivity contribution in [3.05, 3.63) is 75.1 Å². The largest absolute Gasteiger partial charge is 0.402 e. The predicted molar refractivity (Wildman–Crippen MR) is 85.9 cm³/mol. The van der Waals surface area contributed by atoms with Crippen LogP contribution in [0, 0.1) is 12.7 Å². The van der Waals surface area contributed by atoms with Crippen LogP contribution in [0.5, 0.6) is 0 Å². The summed E-state index contributed by atoms with van der Waals surface area (Å²) in [6.45, 7) is 1.94. The lowest BCUT2D eigenvalue weighted by Gasteiger charge is -1.99. The number of ether oxygens (including phenoxy) is 1. The van der Waals surface area contributed by atoms with Crippen LogP contribution in [0.2, 0.25) is 0 Å². The van der Waals surface area contributed by atoms with Gasteiger partial charge >= 0.3 is 5.97 Å². The Bertz CT molecular complexity index is 827. The minimum atomic E-state index is -0.587. The number of carbonyl (C=O) groups excluding carboxylic acids is 1. The number of hydrogen-bond acceptors (Lipinski definition) is 3. The minimum Gasteiger partial charge on any atom is -0.402 e. The lowest BCUT2D eigenvalue weighted by molar-refractivity contribution is -0.129. The van der Waals surface area contributed by atoms with E-state index in [1.54, 1.807) is 12.1 Å². The molecular weight excluding hydrogens is 349 g/mol. The molecule has 0 N–H and O–H groups in total. The van der Waals surface area contributed by atoms with Crippen LogP contribution in [0.25, 0.3) is 6.08 Å². The Labute approximate surface area is 135 Å². The van der Waals surface area contributed by atoms with Gasteiger partial charge in [-0.05, 0) is 43.3 Å². The fourth-order valence-corrected chi connectivity index (χ4v) is 2.46. The monoisotopic (exact) mass is 359 g/mol. The minimum absolute atomic E-state index is 0.0773. The first-order valence-corrected chi connectivity index (χ1v) is 7.37. The van der Waals surface area contributed by atoms with E-state index >= 15 is 0 Å². The maximum absolute atomic E-state index is 13.8. The van der Waals surface area contributed by atoms with Crippen molar-refractivity contribution >= 4 is 33.9 Å². The van der Waals surface area contributed by atoms with E-state index in [2.05, 4.69) is 20.9 Å². The first kappa shape index (κ1) is 14.7. The number of aryl methyl sites for hydroxylation is 1. The number of nitrogens with zero attached hydrogens (tertiary/aromatic N) is 1. The van der Waals surface area contributed by atoms with Crippen molar-refractivity contribution in [2.45, 2.75) is 6.92 Å². The summed E-state index contributed by atoms with van der Waals surface area (Å²) >= 11 is 3.27. The molecule has 0 spiro atoms. The molecule has 0 amide bonds. The van der Waals surface area contributed by atoms with E-state index < -0.39 is 11.8 Å². The molecule has 0 bridgehead atoms. The van der Waals surface area contributed by atoms with Gasteiger partial charge in [-0.3, -0.25) is 0 Å². The van der Waals surface area contributed by atoms with Crippen molar-refractivity contribution in [2.75, 3.05) is 0 Å². The van der Waals surface area contributed by atoms with Crippen LogP contribution in [0.15, 0.2) is 57.6 Å². The SMILES string of the molecule is Cc1cccc(C2=N/C(=C\c3cc(Br)ccc3F)C(=O)O2)c1. The van der Waals surface area contributed by atoms with Gasteiger partial charge in [0.15, 0.2) is 5.70 Å². The van der Waals surface area contributed by atoms with E-state index in [4.69, 9.17) is 4.74 Å². The van der Waals surface area contributed by atoms with Gasteiger partial charge in [0.05, 0.1) is 0 Å². The van der Waals surface area contributed by atoms with Gasteiger partial charge in [0, 0.05) is 15.6 Å². The number of aliphatic imine (C=N–C) groups is 1. The summed E-state index contributed by atoms with van der Waals surface area (Å²) in [4.78, 5) is 16.1. The zero-order valence-electron chi connectivity index (χ0n) is 11.6. The van der Waals surface area contributed by atoms with Gasteiger partial charge in [-0.1, -0.05) is 33.6 Å². The Morgan fingerprint density at radius 1 is 1.23 bits per heavy atom. The Morgan fingerprint density at radius 3 is 2.82 bits per heavy atom. The standard InChI is InChI=1S/C17H11BrFNO2/c1-10-3-2-4-11(7-10)16-20-15(17(21)22-16)9-12-8-13(18)5-6-14(12)19/h2-9H,1H3/b15-9-. The molecule has 2 aromatic carbocycles. The second-order valence-electron chi connectivity index (χ2n) is 4.87. The molecule has 0 radical (unpaired) electrons. The third-order valence-electron chi connectivity index (χ3n) is 3.14. The average molecular weight is 360 g/mol. The third-order valence-corrected chi connectivity index (χ3v) is 3.63. The Kier molecular flexibility index (Phi) is 3.90. The number of esters is 1. The highest BCUT2D eigenvalue weighted by molar-refractivity contribution is 9.10. The van der Waals surface area contributed by atoms with E-state index in [9.17, 15) is 9.18 Å². The van der Waals surface area contributed by atoms with Gasteiger partial charge in [-0.15, -0.1) is 0 Å². The van der Waals surface area contributed by atoms with Crippen molar-refractivity contribution in [3.63, 3.8) is 0 Å². The van der Waals surface area contributed by atoms with Crippen LogP contribution < -0.4 is 0 Å². The van der Waals surface area contributed by atoms with Crippen molar-refractivity contribution in [2.24, 2.45) is 4.99 Å². The number of halogens is 2. The molecule has 22 heavy (non-hydrogen) atoms. The molecule has 0 unspecified atom stereocenters.